The summed E-state index contributed by atoms with van der Waals surface area (Å²) in [6.07, 6.45) is 1.95. The van der Waals surface area contributed by atoms with Crippen molar-refractivity contribution in [2.75, 3.05) is 7.05 Å². The van der Waals surface area contributed by atoms with Gasteiger partial charge < -0.3 is 4.74 Å². The van der Waals surface area contributed by atoms with Crippen LogP contribution in [0.4, 0.5) is 5.69 Å². The van der Waals surface area contributed by atoms with Crippen molar-refractivity contribution in [2.45, 2.75) is 33.8 Å². The van der Waals surface area contributed by atoms with Gasteiger partial charge in [0.2, 0.25) is 0 Å². The van der Waals surface area contributed by atoms with E-state index in [1.54, 1.807) is 11.9 Å². The third-order valence-corrected chi connectivity index (χ3v) is 5.35. The molecule has 4 nitrogen and oxygen atoms in total. The highest BCUT2D eigenvalue weighted by atomic mass is 32.2. The van der Waals surface area contributed by atoms with Crippen LogP contribution >= 0.6 is 11.8 Å². The fourth-order valence-electron chi connectivity index (χ4n) is 2.66. The van der Waals surface area contributed by atoms with Crippen LogP contribution in [0.1, 0.15) is 30.5 Å². The molecule has 27 heavy (non-hydrogen) atoms. The van der Waals surface area contributed by atoms with Gasteiger partial charge in [-0.3, -0.25) is 9.69 Å². The van der Waals surface area contributed by atoms with E-state index >= 15 is 0 Å². The summed E-state index contributed by atoms with van der Waals surface area (Å²) in [7, 11) is 1.76. The van der Waals surface area contributed by atoms with Crippen molar-refractivity contribution in [1.29, 1.82) is 0 Å². The van der Waals surface area contributed by atoms with Crippen molar-refractivity contribution in [2.24, 2.45) is 4.99 Å². The highest BCUT2D eigenvalue weighted by molar-refractivity contribution is 8.18. The first kappa shape index (κ1) is 19.2. The van der Waals surface area contributed by atoms with E-state index in [9.17, 15) is 4.79 Å². The zero-order valence-electron chi connectivity index (χ0n) is 16.3. The first-order valence-electron chi connectivity index (χ1n) is 8.94. The Morgan fingerprint density at radius 2 is 1.85 bits per heavy atom. The summed E-state index contributed by atoms with van der Waals surface area (Å²) >= 11 is 1.39. The molecule has 2 aromatic carbocycles. The lowest BCUT2D eigenvalue weighted by Crippen LogP contribution is -2.23. The molecule has 1 amide bonds. The predicted molar refractivity (Wildman–Crippen MR) is 114 cm³/mol. The first-order valence-corrected chi connectivity index (χ1v) is 9.76. The van der Waals surface area contributed by atoms with E-state index in [0.717, 1.165) is 17.0 Å². The number of carbonyl (C=O) groups is 1. The minimum Gasteiger partial charge on any atom is -0.490 e. The number of benzene rings is 2. The van der Waals surface area contributed by atoms with Gasteiger partial charge >= 0.3 is 0 Å². The van der Waals surface area contributed by atoms with Crippen LogP contribution in [0.5, 0.6) is 5.75 Å². The number of hydrogen-bond acceptors (Lipinski definition) is 4. The van der Waals surface area contributed by atoms with Gasteiger partial charge in [-0.1, -0.05) is 24.3 Å². The lowest BCUT2D eigenvalue weighted by Gasteiger charge is -2.12. The van der Waals surface area contributed by atoms with Crippen LogP contribution in [0.2, 0.25) is 0 Å². The Morgan fingerprint density at radius 3 is 2.56 bits per heavy atom. The molecule has 1 aliphatic rings. The average Bonchev–Trinajstić information content (AvgIpc) is 2.87. The standard InChI is InChI=1S/C22H24N2O2S/c1-14(2)26-19-9-7-6-8-17(19)13-20-21(25)24(5)22(27-20)23-18-11-10-15(3)16(4)12-18/h6-14H,1-5H3/b20-13+,23-22?. The molecule has 0 atom stereocenters. The van der Waals surface area contributed by atoms with Gasteiger partial charge in [0.05, 0.1) is 16.7 Å². The molecular weight excluding hydrogens is 356 g/mol. The quantitative estimate of drug-likeness (QED) is 0.674. The van der Waals surface area contributed by atoms with Crippen LogP contribution in [-0.4, -0.2) is 29.1 Å². The predicted octanol–water partition coefficient (Wildman–Crippen LogP) is 5.32. The van der Waals surface area contributed by atoms with Crippen molar-refractivity contribution in [3.63, 3.8) is 0 Å². The van der Waals surface area contributed by atoms with Crippen molar-refractivity contribution >= 4 is 34.6 Å². The van der Waals surface area contributed by atoms with Crippen molar-refractivity contribution in [3.8, 4) is 5.75 Å². The molecule has 0 radical (unpaired) electrons. The third kappa shape index (κ3) is 4.42. The van der Waals surface area contributed by atoms with E-state index in [2.05, 4.69) is 18.8 Å². The van der Waals surface area contributed by atoms with Gasteiger partial charge in [0, 0.05) is 12.6 Å². The van der Waals surface area contributed by atoms with Gasteiger partial charge in [-0.15, -0.1) is 0 Å². The number of likely N-dealkylation sites (N-methyl/N-ethyl adjacent to an activating group) is 1. The smallest absolute Gasteiger partial charge is 0.266 e. The van der Waals surface area contributed by atoms with Crippen molar-refractivity contribution < 1.29 is 9.53 Å². The highest BCUT2D eigenvalue weighted by Crippen LogP contribution is 2.35. The Kier molecular flexibility index (Phi) is 5.71. The Morgan fingerprint density at radius 1 is 1.11 bits per heavy atom. The minimum atomic E-state index is -0.0538. The molecule has 3 rings (SSSR count). The molecule has 0 bridgehead atoms. The Balaban J connectivity index is 1.91. The maximum atomic E-state index is 12.7. The van der Waals surface area contributed by atoms with Gasteiger partial charge in [-0.2, -0.15) is 0 Å². The van der Waals surface area contributed by atoms with Crippen LogP contribution in [0.3, 0.4) is 0 Å². The number of para-hydroxylation sites is 1. The van der Waals surface area contributed by atoms with Crippen LogP contribution in [0.15, 0.2) is 52.4 Å². The summed E-state index contributed by atoms with van der Waals surface area (Å²) < 4.78 is 5.86. The number of hydrogen-bond donors (Lipinski definition) is 0. The number of amidine groups is 1. The zero-order valence-corrected chi connectivity index (χ0v) is 17.1. The van der Waals surface area contributed by atoms with E-state index < -0.39 is 0 Å². The van der Waals surface area contributed by atoms with E-state index in [4.69, 9.17) is 4.74 Å². The van der Waals surface area contributed by atoms with Crippen molar-refractivity contribution in [1.82, 2.24) is 4.90 Å². The highest BCUT2D eigenvalue weighted by Gasteiger charge is 2.30. The summed E-state index contributed by atoms with van der Waals surface area (Å²) in [6, 6.07) is 13.8. The lowest BCUT2D eigenvalue weighted by molar-refractivity contribution is -0.121. The summed E-state index contributed by atoms with van der Waals surface area (Å²) in [5.41, 5.74) is 4.15. The number of ether oxygens (including phenoxy) is 1. The molecular formula is C22H24N2O2S. The monoisotopic (exact) mass is 380 g/mol. The number of aliphatic imine (C=N–C) groups is 1. The Bertz CT molecular complexity index is 932. The van der Waals surface area contributed by atoms with Crippen LogP contribution < -0.4 is 4.74 Å². The molecule has 0 N–H and O–H groups in total. The topological polar surface area (TPSA) is 41.9 Å². The number of aryl methyl sites for hydroxylation is 2. The van der Waals surface area contributed by atoms with Crippen LogP contribution in [-0.2, 0) is 4.79 Å². The van der Waals surface area contributed by atoms with E-state index in [0.29, 0.717) is 10.1 Å². The summed E-state index contributed by atoms with van der Waals surface area (Å²) in [5.74, 6) is 0.720. The van der Waals surface area contributed by atoms with E-state index in [-0.39, 0.29) is 12.0 Å². The molecule has 1 heterocycles. The molecule has 0 aromatic heterocycles. The molecule has 1 saturated heterocycles. The maximum absolute atomic E-state index is 12.7. The average molecular weight is 381 g/mol. The second-order valence-electron chi connectivity index (χ2n) is 6.84. The number of amides is 1. The molecule has 0 saturated carbocycles. The second-order valence-corrected chi connectivity index (χ2v) is 7.85. The number of rotatable bonds is 4. The van der Waals surface area contributed by atoms with Gasteiger partial charge in [0.25, 0.3) is 5.91 Å². The molecule has 140 valence electrons. The van der Waals surface area contributed by atoms with Gasteiger partial charge in [0.15, 0.2) is 5.17 Å². The van der Waals surface area contributed by atoms with Crippen LogP contribution in [0.25, 0.3) is 6.08 Å². The van der Waals surface area contributed by atoms with Gasteiger partial charge in [-0.05, 0) is 74.9 Å². The maximum Gasteiger partial charge on any atom is 0.266 e. The largest absolute Gasteiger partial charge is 0.490 e. The molecule has 1 aliphatic heterocycles. The first-order chi connectivity index (χ1) is 12.8. The summed E-state index contributed by atoms with van der Waals surface area (Å²) in [5, 5.41) is 0.678. The Hall–Kier alpha value is -2.53. The summed E-state index contributed by atoms with van der Waals surface area (Å²) in [4.78, 5) is 19.6. The number of carbonyl (C=O) groups excluding carboxylic acids is 1. The molecule has 1 fully saturated rings. The fourth-order valence-corrected chi connectivity index (χ4v) is 3.64. The SMILES string of the molecule is Cc1ccc(N=C2S/C(=C/c3ccccc3OC(C)C)C(=O)N2C)cc1C. The third-order valence-electron chi connectivity index (χ3n) is 4.29. The number of thioether (sulfide) groups is 1. The normalized spacial score (nSPS) is 17.4. The molecule has 2 aromatic rings. The molecule has 0 aliphatic carbocycles. The minimum absolute atomic E-state index is 0.0538. The van der Waals surface area contributed by atoms with E-state index in [1.165, 1.54) is 22.9 Å². The molecule has 5 heteroatoms. The Labute approximate surface area is 164 Å². The van der Waals surface area contributed by atoms with Gasteiger partial charge in [0.1, 0.15) is 5.75 Å². The molecule has 0 unspecified atom stereocenters. The second kappa shape index (κ2) is 8.01. The number of nitrogens with zero attached hydrogens (tertiary/aromatic N) is 2. The van der Waals surface area contributed by atoms with Crippen molar-refractivity contribution in [3.05, 3.63) is 64.1 Å². The van der Waals surface area contributed by atoms with Crippen LogP contribution in [0, 0.1) is 13.8 Å². The lowest BCUT2D eigenvalue weighted by atomic mass is 10.1. The fraction of sp³-hybridized carbons (Fsp3) is 0.273. The summed E-state index contributed by atoms with van der Waals surface area (Å²) in [6.45, 7) is 8.11. The van der Waals surface area contributed by atoms with Gasteiger partial charge in [-0.25, -0.2) is 4.99 Å². The zero-order chi connectivity index (χ0) is 19.6. The van der Waals surface area contributed by atoms with E-state index in [1.807, 2.05) is 62.4 Å². The molecule has 0 spiro atoms.